The highest BCUT2D eigenvalue weighted by atomic mass is 16.4. The molecular formula is C13H20N4O4. The summed E-state index contributed by atoms with van der Waals surface area (Å²) in [6.45, 7) is 0. The summed E-state index contributed by atoms with van der Waals surface area (Å²) >= 11 is 0. The number of nitrogens with zero attached hydrogens (tertiary/aromatic N) is 1. The normalized spacial score (nSPS) is 23.3. The Hall–Kier alpha value is -2.09. The largest absolute Gasteiger partial charge is 0.480 e. The molecule has 1 saturated carbocycles. The van der Waals surface area contributed by atoms with Gasteiger partial charge in [0.15, 0.2) is 0 Å². The SMILES string of the molecule is O=C(NC1CCCCC1O)N[C@H](Cc1cnc[nH]1)C(=O)O. The van der Waals surface area contributed by atoms with E-state index in [0.29, 0.717) is 18.5 Å². The predicted molar refractivity (Wildman–Crippen MR) is 73.6 cm³/mol. The maximum absolute atomic E-state index is 11.9. The maximum Gasteiger partial charge on any atom is 0.326 e. The van der Waals surface area contributed by atoms with Crippen molar-refractivity contribution < 1.29 is 19.8 Å². The van der Waals surface area contributed by atoms with Crippen LogP contribution in [0.4, 0.5) is 4.79 Å². The van der Waals surface area contributed by atoms with Gasteiger partial charge in [-0.2, -0.15) is 0 Å². The van der Waals surface area contributed by atoms with Crippen molar-refractivity contribution in [2.24, 2.45) is 0 Å². The molecule has 1 heterocycles. The van der Waals surface area contributed by atoms with Crippen molar-refractivity contribution in [2.45, 2.75) is 50.3 Å². The number of H-pyrrole nitrogens is 1. The van der Waals surface area contributed by atoms with Crippen molar-refractivity contribution in [3.05, 3.63) is 18.2 Å². The zero-order chi connectivity index (χ0) is 15.2. The summed E-state index contributed by atoms with van der Waals surface area (Å²) in [7, 11) is 0. The average molecular weight is 296 g/mol. The summed E-state index contributed by atoms with van der Waals surface area (Å²) in [4.78, 5) is 29.7. The van der Waals surface area contributed by atoms with Crippen LogP contribution >= 0.6 is 0 Å². The minimum absolute atomic E-state index is 0.121. The Kier molecular flexibility index (Phi) is 5.15. The van der Waals surface area contributed by atoms with Crippen LogP contribution in [0.5, 0.6) is 0 Å². The Morgan fingerprint density at radius 3 is 2.81 bits per heavy atom. The summed E-state index contributed by atoms with van der Waals surface area (Å²) in [5.41, 5.74) is 0.625. The molecule has 116 valence electrons. The van der Waals surface area contributed by atoms with E-state index in [4.69, 9.17) is 5.11 Å². The molecule has 2 rings (SSSR count). The fraction of sp³-hybridized carbons (Fsp3) is 0.615. The monoisotopic (exact) mass is 296 g/mol. The van der Waals surface area contributed by atoms with E-state index in [1.165, 1.54) is 12.5 Å². The average Bonchev–Trinajstić information content (AvgIpc) is 2.93. The van der Waals surface area contributed by atoms with Crippen molar-refractivity contribution in [2.75, 3.05) is 0 Å². The fourth-order valence-electron chi connectivity index (χ4n) is 2.46. The molecule has 0 radical (unpaired) electrons. The van der Waals surface area contributed by atoms with Gasteiger partial charge in [-0.1, -0.05) is 12.8 Å². The number of aromatic amines is 1. The first-order valence-corrected chi connectivity index (χ1v) is 7.01. The number of carbonyl (C=O) groups is 2. The number of nitrogens with one attached hydrogen (secondary N) is 3. The van der Waals surface area contributed by atoms with Gasteiger partial charge >= 0.3 is 12.0 Å². The molecule has 8 nitrogen and oxygen atoms in total. The Labute approximate surface area is 122 Å². The molecule has 1 aromatic rings. The Bertz CT molecular complexity index is 477. The molecule has 5 N–H and O–H groups in total. The van der Waals surface area contributed by atoms with E-state index >= 15 is 0 Å². The molecule has 0 spiro atoms. The van der Waals surface area contributed by atoms with E-state index < -0.39 is 24.1 Å². The molecule has 8 heteroatoms. The zero-order valence-electron chi connectivity index (χ0n) is 11.6. The third-order valence-electron chi connectivity index (χ3n) is 3.63. The molecule has 2 amide bonds. The number of urea groups is 1. The lowest BCUT2D eigenvalue weighted by atomic mass is 9.93. The zero-order valence-corrected chi connectivity index (χ0v) is 11.6. The van der Waals surface area contributed by atoms with Crippen LogP contribution in [0.15, 0.2) is 12.5 Å². The molecule has 21 heavy (non-hydrogen) atoms. The van der Waals surface area contributed by atoms with Gasteiger partial charge in [0.1, 0.15) is 6.04 Å². The lowest BCUT2D eigenvalue weighted by molar-refractivity contribution is -0.139. The van der Waals surface area contributed by atoms with E-state index in [0.717, 1.165) is 12.8 Å². The van der Waals surface area contributed by atoms with Gasteiger partial charge in [0.05, 0.1) is 18.5 Å². The lowest BCUT2D eigenvalue weighted by Gasteiger charge is -2.28. The number of carboxylic acid groups (broad SMARTS) is 1. The van der Waals surface area contributed by atoms with Gasteiger partial charge in [0.2, 0.25) is 0 Å². The van der Waals surface area contributed by atoms with Gasteiger partial charge in [-0.05, 0) is 12.8 Å². The minimum Gasteiger partial charge on any atom is -0.480 e. The number of carboxylic acids is 1. The number of carbonyl (C=O) groups excluding carboxylic acids is 1. The number of aliphatic hydroxyl groups excluding tert-OH is 1. The summed E-state index contributed by atoms with van der Waals surface area (Å²) in [5.74, 6) is -1.12. The number of aromatic nitrogens is 2. The van der Waals surface area contributed by atoms with Crippen LogP contribution in [0.25, 0.3) is 0 Å². The second-order valence-corrected chi connectivity index (χ2v) is 5.25. The first-order chi connectivity index (χ1) is 10.1. The Morgan fingerprint density at radius 2 is 2.19 bits per heavy atom. The number of aliphatic carboxylic acids is 1. The highest BCUT2D eigenvalue weighted by Crippen LogP contribution is 2.18. The minimum atomic E-state index is -1.12. The highest BCUT2D eigenvalue weighted by molar-refractivity contribution is 5.82. The van der Waals surface area contributed by atoms with Gasteiger partial charge < -0.3 is 25.8 Å². The molecule has 1 aliphatic rings. The summed E-state index contributed by atoms with van der Waals surface area (Å²) in [6.07, 6.45) is 5.76. The van der Waals surface area contributed by atoms with Crippen molar-refractivity contribution in [1.29, 1.82) is 0 Å². The van der Waals surface area contributed by atoms with E-state index in [9.17, 15) is 14.7 Å². The molecule has 1 fully saturated rings. The molecule has 0 aromatic carbocycles. The van der Waals surface area contributed by atoms with Crippen molar-refractivity contribution in [1.82, 2.24) is 20.6 Å². The first kappa shape index (κ1) is 15.3. The third kappa shape index (κ3) is 4.45. The van der Waals surface area contributed by atoms with Gasteiger partial charge in [-0.15, -0.1) is 0 Å². The highest BCUT2D eigenvalue weighted by Gasteiger charge is 2.27. The molecule has 1 aliphatic carbocycles. The summed E-state index contributed by atoms with van der Waals surface area (Å²) in [6, 6.07) is -1.95. The quantitative estimate of drug-likeness (QED) is 0.523. The van der Waals surface area contributed by atoms with Crippen LogP contribution in [0.1, 0.15) is 31.4 Å². The van der Waals surface area contributed by atoms with Crippen molar-refractivity contribution >= 4 is 12.0 Å². The van der Waals surface area contributed by atoms with Gasteiger partial charge in [0, 0.05) is 18.3 Å². The Balaban J connectivity index is 1.87. The van der Waals surface area contributed by atoms with E-state index in [2.05, 4.69) is 20.6 Å². The van der Waals surface area contributed by atoms with E-state index in [-0.39, 0.29) is 12.5 Å². The van der Waals surface area contributed by atoms with Crippen molar-refractivity contribution in [3.8, 4) is 0 Å². The summed E-state index contributed by atoms with van der Waals surface area (Å²) < 4.78 is 0. The number of amides is 2. The second kappa shape index (κ2) is 7.07. The van der Waals surface area contributed by atoms with Gasteiger partial charge in [0.25, 0.3) is 0 Å². The smallest absolute Gasteiger partial charge is 0.326 e. The third-order valence-corrected chi connectivity index (χ3v) is 3.63. The number of hydrogen-bond acceptors (Lipinski definition) is 4. The van der Waals surface area contributed by atoms with Gasteiger partial charge in [-0.3, -0.25) is 0 Å². The van der Waals surface area contributed by atoms with E-state index in [1.807, 2.05) is 0 Å². The summed E-state index contributed by atoms with van der Waals surface area (Å²) in [5, 5.41) is 24.0. The molecule has 3 atom stereocenters. The van der Waals surface area contributed by atoms with Crippen LogP contribution in [-0.2, 0) is 11.2 Å². The maximum atomic E-state index is 11.9. The van der Waals surface area contributed by atoms with Crippen LogP contribution in [0, 0.1) is 0 Å². The van der Waals surface area contributed by atoms with Crippen LogP contribution in [0.3, 0.4) is 0 Å². The topological polar surface area (TPSA) is 127 Å². The van der Waals surface area contributed by atoms with Crippen molar-refractivity contribution in [3.63, 3.8) is 0 Å². The molecular weight excluding hydrogens is 276 g/mol. The lowest BCUT2D eigenvalue weighted by Crippen LogP contribution is -2.53. The number of hydrogen-bond donors (Lipinski definition) is 5. The molecule has 0 aliphatic heterocycles. The Morgan fingerprint density at radius 1 is 1.43 bits per heavy atom. The molecule has 1 aromatic heterocycles. The molecule has 0 bridgehead atoms. The van der Waals surface area contributed by atoms with E-state index in [1.54, 1.807) is 0 Å². The van der Waals surface area contributed by atoms with Crippen LogP contribution in [-0.4, -0.2) is 50.4 Å². The molecule has 0 saturated heterocycles. The standard InChI is InChI=1S/C13H20N4O4/c18-11-4-2-1-3-9(11)16-13(21)17-10(12(19)20)5-8-6-14-7-15-8/h6-7,9-11,18H,1-5H2,(H,14,15)(H,19,20)(H2,16,17,21)/t9?,10-,11?/m1/s1. The van der Waals surface area contributed by atoms with Gasteiger partial charge in [-0.25, -0.2) is 14.6 Å². The number of aliphatic hydroxyl groups is 1. The molecule has 2 unspecified atom stereocenters. The second-order valence-electron chi connectivity index (χ2n) is 5.25. The number of imidazole rings is 1. The van der Waals surface area contributed by atoms with Crippen LogP contribution < -0.4 is 10.6 Å². The first-order valence-electron chi connectivity index (χ1n) is 7.01. The fourth-order valence-corrected chi connectivity index (χ4v) is 2.46. The number of rotatable bonds is 5. The predicted octanol–water partition coefficient (Wildman–Crippen LogP) is 0.00810. The van der Waals surface area contributed by atoms with Crippen LogP contribution in [0.2, 0.25) is 0 Å².